The summed E-state index contributed by atoms with van der Waals surface area (Å²) < 4.78 is 16.3. The van der Waals surface area contributed by atoms with Crippen LogP contribution >= 0.6 is 0 Å². The fourth-order valence-corrected chi connectivity index (χ4v) is 2.66. The third-order valence-electron chi connectivity index (χ3n) is 4.28. The van der Waals surface area contributed by atoms with Crippen LogP contribution in [0.1, 0.15) is 24.0 Å². The fourth-order valence-electron chi connectivity index (χ4n) is 2.66. The molecule has 2 aromatic carbocycles. The number of guanidine groups is 1. The molecule has 0 amide bonds. The molecule has 6 nitrogen and oxygen atoms in total. The number of aliphatic imine (C=N–C) groups is 1. The number of methoxy groups -OCH3 is 2. The molecule has 0 unspecified atom stereocenters. The van der Waals surface area contributed by atoms with Crippen LogP contribution < -0.4 is 24.8 Å². The maximum Gasteiger partial charge on any atom is 0.191 e. The molecule has 2 aromatic rings. The Morgan fingerprint density at radius 3 is 2.36 bits per heavy atom. The molecule has 0 aliphatic rings. The zero-order chi connectivity index (χ0) is 20.2. The number of nitrogens with one attached hydrogen (secondary N) is 2. The van der Waals surface area contributed by atoms with Crippen LogP contribution in [0.15, 0.2) is 47.5 Å². The van der Waals surface area contributed by atoms with Crippen molar-refractivity contribution in [3.8, 4) is 17.2 Å². The Morgan fingerprint density at radius 2 is 1.68 bits per heavy atom. The van der Waals surface area contributed by atoms with Crippen LogP contribution in [-0.4, -0.2) is 40.4 Å². The minimum absolute atomic E-state index is 0.649. The molecule has 0 aliphatic heterocycles. The van der Waals surface area contributed by atoms with E-state index in [1.807, 2.05) is 30.3 Å². The number of aryl methyl sites for hydroxylation is 1. The highest BCUT2D eigenvalue weighted by atomic mass is 16.5. The Bertz CT molecular complexity index is 745. The highest BCUT2D eigenvalue weighted by molar-refractivity contribution is 5.79. The van der Waals surface area contributed by atoms with Crippen molar-refractivity contribution in [2.75, 3.05) is 34.4 Å². The van der Waals surface area contributed by atoms with Crippen molar-refractivity contribution in [3.63, 3.8) is 0 Å². The monoisotopic (exact) mass is 385 g/mol. The third-order valence-corrected chi connectivity index (χ3v) is 4.28. The van der Waals surface area contributed by atoms with Crippen molar-refractivity contribution >= 4 is 5.96 Å². The van der Waals surface area contributed by atoms with E-state index in [1.54, 1.807) is 21.3 Å². The minimum atomic E-state index is 0.649. The topological polar surface area (TPSA) is 64.1 Å². The SMILES string of the molecule is CN=C(NCCCCOc1ccc(C)cc1)NCc1ccc(OC)c(OC)c1. The summed E-state index contributed by atoms with van der Waals surface area (Å²) in [6.07, 6.45) is 1.98. The molecule has 0 spiro atoms. The number of ether oxygens (including phenoxy) is 3. The Morgan fingerprint density at radius 1 is 0.929 bits per heavy atom. The number of unbranched alkanes of at least 4 members (excludes halogenated alkanes) is 1. The number of hydrogen-bond acceptors (Lipinski definition) is 4. The molecule has 6 heteroatoms. The Labute approximate surface area is 167 Å². The summed E-state index contributed by atoms with van der Waals surface area (Å²) in [4.78, 5) is 4.26. The van der Waals surface area contributed by atoms with Gasteiger partial charge in [0.05, 0.1) is 20.8 Å². The number of benzene rings is 2. The lowest BCUT2D eigenvalue weighted by molar-refractivity contribution is 0.307. The highest BCUT2D eigenvalue weighted by Gasteiger charge is 2.05. The van der Waals surface area contributed by atoms with Crippen LogP contribution in [0.4, 0.5) is 0 Å². The number of hydrogen-bond donors (Lipinski definition) is 2. The van der Waals surface area contributed by atoms with Crippen LogP contribution in [-0.2, 0) is 6.54 Å². The van der Waals surface area contributed by atoms with Gasteiger partial charge in [0, 0.05) is 20.1 Å². The summed E-state index contributed by atoms with van der Waals surface area (Å²) in [5.74, 6) is 3.14. The summed E-state index contributed by atoms with van der Waals surface area (Å²) in [6, 6.07) is 14.0. The van der Waals surface area contributed by atoms with Gasteiger partial charge >= 0.3 is 0 Å². The van der Waals surface area contributed by atoms with E-state index >= 15 is 0 Å². The van der Waals surface area contributed by atoms with E-state index in [2.05, 4.69) is 34.7 Å². The second-order valence-electron chi connectivity index (χ2n) is 6.41. The zero-order valence-electron chi connectivity index (χ0n) is 17.2. The van der Waals surface area contributed by atoms with Crippen molar-refractivity contribution in [2.45, 2.75) is 26.3 Å². The molecule has 28 heavy (non-hydrogen) atoms. The maximum atomic E-state index is 5.74. The van der Waals surface area contributed by atoms with Gasteiger partial charge in [0.2, 0.25) is 0 Å². The lowest BCUT2D eigenvalue weighted by Gasteiger charge is -2.13. The predicted octanol–water partition coefficient (Wildman–Crippen LogP) is 3.54. The molecule has 0 saturated carbocycles. The molecule has 0 aromatic heterocycles. The van der Waals surface area contributed by atoms with Gasteiger partial charge < -0.3 is 24.8 Å². The van der Waals surface area contributed by atoms with Crippen molar-refractivity contribution < 1.29 is 14.2 Å². The normalized spacial score (nSPS) is 11.1. The van der Waals surface area contributed by atoms with Crippen molar-refractivity contribution in [1.29, 1.82) is 0 Å². The Balaban J connectivity index is 1.65. The van der Waals surface area contributed by atoms with Gasteiger partial charge in [-0.3, -0.25) is 4.99 Å². The molecule has 0 radical (unpaired) electrons. The second-order valence-corrected chi connectivity index (χ2v) is 6.41. The molecule has 0 aliphatic carbocycles. The molecule has 0 fully saturated rings. The van der Waals surface area contributed by atoms with E-state index < -0.39 is 0 Å². The van der Waals surface area contributed by atoms with E-state index in [9.17, 15) is 0 Å². The van der Waals surface area contributed by atoms with Crippen molar-refractivity contribution in [3.05, 3.63) is 53.6 Å². The number of nitrogens with zero attached hydrogens (tertiary/aromatic N) is 1. The number of rotatable bonds is 10. The first-order chi connectivity index (χ1) is 13.7. The molecule has 0 bridgehead atoms. The van der Waals surface area contributed by atoms with E-state index in [1.165, 1.54) is 5.56 Å². The first kappa shape index (κ1) is 21.4. The van der Waals surface area contributed by atoms with Gasteiger partial charge in [-0.25, -0.2) is 0 Å². The van der Waals surface area contributed by atoms with Crippen molar-refractivity contribution in [2.24, 2.45) is 4.99 Å². The molecule has 152 valence electrons. The lowest BCUT2D eigenvalue weighted by Crippen LogP contribution is -2.37. The van der Waals surface area contributed by atoms with Crippen LogP contribution in [0.25, 0.3) is 0 Å². The summed E-state index contributed by atoms with van der Waals surface area (Å²) >= 11 is 0. The molecule has 0 heterocycles. The third kappa shape index (κ3) is 7.02. The largest absolute Gasteiger partial charge is 0.494 e. The van der Waals surface area contributed by atoms with Crippen molar-refractivity contribution in [1.82, 2.24) is 10.6 Å². The lowest BCUT2D eigenvalue weighted by atomic mass is 10.2. The van der Waals surface area contributed by atoms with Gasteiger partial charge in [0.25, 0.3) is 0 Å². The van der Waals surface area contributed by atoms with E-state index in [4.69, 9.17) is 14.2 Å². The molecular formula is C22H31N3O3. The van der Waals surface area contributed by atoms with Gasteiger partial charge in [-0.1, -0.05) is 23.8 Å². The first-order valence-electron chi connectivity index (χ1n) is 9.51. The molecule has 2 N–H and O–H groups in total. The molecule has 0 saturated heterocycles. The van der Waals surface area contributed by atoms with Gasteiger partial charge in [-0.15, -0.1) is 0 Å². The van der Waals surface area contributed by atoms with E-state index in [0.717, 1.165) is 48.2 Å². The van der Waals surface area contributed by atoms with E-state index in [0.29, 0.717) is 13.2 Å². The van der Waals surface area contributed by atoms with Gasteiger partial charge in [0.15, 0.2) is 17.5 Å². The smallest absolute Gasteiger partial charge is 0.191 e. The first-order valence-corrected chi connectivity index (χ1v) is 9.51. The standard InChI is InChI=1S/C22H31N3O3/c1-17-7-10-19(11-8-17)28-14-6-5-13-24-22(23-2)25-16-18-9-12-20(26-3)21(15-18)27-4/h7-12,15H,5-6,13-14,16H2,1-4H3,(H2,23,24,25). The minimum Gasteiger partial charge on any atom is -0.494 e. The summed E-state index contributed by atoms with van der Waals surface area (Å²) in [7, 11) is 5.04. The van der Waals surface area contributed by atoms with Crippen LogP contribution in [0.2, 0.25) is 0 Å². The highest BCUT2D eigenvalue weighted by Crippen LogP contribution is 2.27. The maximum absolute atomic E-state index is 5.74. The zero-order valence-corrected chi connectivity index (χ0v) is 17.2. The molecule has 0 atom stereocenters. The summed E-state index contributed by atoms with van der Waals surface area (Å²) in [5, 5.41) is 6.63. The summed E-state index contributed by atoms with van der Waals surface area (Å²) in [6.45, 7) is 4.27. The van der Waals surface area contributed by atoms with Crippen LogP contribution in [0, 0.1) is 6.92 Å². The van der Waals surface area contributed by atoms with Crippen LogP contribution in [0.3, 0.4) is 0 Å². The Hall–Kier alpha value is -2.89. The Kier molecular flexibility index (Phi) is 8.98. The summed E-state index contributed by atoms with van der Waals surface area (Å²) in [5.41, 5.74) is 2.33. The molecular weight excluding hydrogens is 354 g/mol. The average Bonchev–Trinajstić information content (AvgIpc) is 2.73. The van der Waals surface area contributed by atoms with E-state index in [-0.39, 0.29) is 0 Å². The van der Waals surface area contributed by atoms with Crippen LogP contribution in [0.5, 0.6) is 17.2 Å². The van der Waals surface area contributed by atoms with Gasteiger partial charge in [0.1, 0.15) is 5.75 Å². The van der Waals surface area contributed by atoms with Gasteiger partial charge in [-0.2, -0.15) is 0 Å². The second kappa shape index (κ2) is 11.7. The fraction of sp³-hybridized carbons (Fsp3) is 0.409. The quantitative estimate of drug-likeness (QED) is 0.372. The average molecular weight is 386 g/mol. The predicted molar refractivity (Wildman–Crippen MR) is 114 cm³/mol. The molecule has 2 rings (SSSR count). The van der Waals surface area contributed by atoms with Gasteiger partial charge in [-0.05, 0) is 49.6 Å².